The fourth-order valence-electron chi connectivity index (χ4n) is 1.93. The Hall–Kier alpha value is -0.820. The van der Waals surface area contributed by atoms with Crippen LogP contribution in [0.25, 0.3) is 0 Å². The van der Waals surface area contributed by atoms with E-state index in [1.807, 2.05) is 29.5 Å². The Balaban J connectivity index is 2.99. The molecule has 1 atom stereocenters. The van der Waals surface area contributed by atoms with Gasteiger partial charge in [-0.2, -0.15) is 0 Å². The monoisotopic (exact) mass is 409 g/mol. The predicted molar refractivity (Wildman–Crippen MR) is 87.0 cm³/mol. The molecule has 1 rings (SSSR count). The zero-order valence-electron chi connectivity index (χ0n) is 11.6. The predicted octanol–water partition coefficient (Wildman–Crippen LogP) is 3.41. The zero-order valence-corrected chi connectivity index (χ0v) is 14.5. The van der Waals surface area contributed by atoms with E-state index in [0.717, 1.165) is 9.99 Å². The number of nitrogens with one attached hydrogen (secondary N) is 1. The highest BCUT2D eigenvalue weighted by Crippen LogP contribution is 2.20. The van der Waals surface area contributed by atoms with Gasteiger partial charge in [-0.15, -0.1) is 0 Å². The highest BCUT2D eigenvalue weighted by molar-refractivity contribution is 14.1. The number of ether oxygens (including phenoxy) is 1. The summed E-state index contributed by atoms with van der Waals surface area (Å²) in [5, 5.41) is 3.33. The number of amides is 1. The molecule has 1 aromatic carbocycles. The van der Waals surface area contributed by atoms with Gasteiger partial charge >= 0.3 is 5.97 Å². The molecule has 0 aliphatic heterocycles. The molecule has 6 heteroatoms. The van der Waals surface area contributed by atoms with Crippen molar-refractivity contribution in [2.45, 2.75) is 32.2 Å². The van der Waals surface area contributed by atoms with Crippen LogP contribution in [-0.2, 0) is 9.53 Å². The van der Waals surface area contributed by atoms with Gasteiger partial charge in [0.1, 0.15) is 5.54 Å². The SMILES string of the molecule is CCCC(C)(NC(=O)c1ccc(Cl)cc1I)C(=O)OC. The summed E-state index contributed by atoms with van der Waals surface area (Å²) < 4.78 is 5.51. The lowest BCUT2D eigenvalue weighted by Crippen LogP contribution is -2.52. The molecule has 1 aromatic rings. The number of benzene rings is 1. The standard InChI is InChI=1S/C14H17ClINO3/c1-4-7-14(2,13(19)20-3)17-12(18)10-6-5-9(15)8-11(10)16/h5-6,8H,4,7H2,1-3H3,(H,17,18). The molecular weight excluding hydrogens is 393 g/mol. The fraction of sp³-hybridized carbons (Fsp3) is 0.429. The third-order valence-corrected chi connectivity index (χ3v) is 4.08. The average molecular weight is 410 g/mol. The molecule has 0 heterocycles. The van der Waals surface area contributed by atoms with Crippen molar-refractivity contribution in [3.05, 3.63) is 32.4 Å². The molecule has 1 amide bonds. The first kappa shape index (κ1) is 17.2. The summed E-state index contributed by atoms with van der Waals surface area (Å²) in [5.41, 5.74) is -0.537. The van der Waals surface area contributed by atoms with Crippen LogP contribution >= 0.6 is 34.2 Å². The quantitative estimate of drug-likeness (QED) is 0.599. The Morgan fingerprint density at radius 3 is 2.60 bits per heavy atom. The summed E-state index contributed by atoms with van der Waals surface area (Å²) in [6, 6.07) is 4.99. The number of carbonyl (C=O) groups excluding carboxylic acids is 2. The van der Waals surface area contributed by atoms with Crippen LogP contribution in [-0.4, -0.2) is 24.5 Å². The summed E-state index contributed by atoms with van der Waals surface area (Å²) >= 11 is 7.91. The average Bonchev–Trinajstić information content (AvgIpc) is 2.37. The van der Waals surface area contributed by atoms with Crippen molar-refractivity contribution in [3.8, 4) is 0 Å². The van der Waals surface area contributed by atoms with Crippen LogP contribution < -0.4 is 5.32 Å². The van der Waals surface area contributed by atoms with Gasteiger partial charge in [0.15, 0.2) is 0 Å². The van der Waals surface area contributed by atoms with Crippen LogP contribution in [0.4, 0.5) is 0 Å². The Bertz CT molecular complexity index is 521. The van der Waals surface area contributed by atoms with Crippen LogP contribution in [0.2, 0.25) is 5.02 Å². The third kappa shape index (κ3) is 4.09. The van der Waals surface area contributed by atoms with Gasteiger partial charge in [0.25, 0.3) is 5.91 Å². The first-order valence-corrected chi connectivity index (χ1v) is 7.65. The summed E-state index contributed by atoms with van der Waals surface area (Å²) in [5.74, 6) is -0.760. The minimum Gasteiger partial charge on any atom is -0.467 e. The molecule has 0 aliphatic carbocycles. The molecule has 20 heavy (non-hydrogen) atoms. The van der Waals surface area contributed by atoms with E-state index in [1.54, 1.807) is 25.1 Å². The van der Waals surface area contributed by atoms with E-state index in [2.05, 4.69) is 5.32 Å². The molecule has 0 spiro atoms. The minimum absolute atomic E-state index is 0.313. The zero-order chi connectivity index (χ0) is 15.3. The number of hydrogen-bond acceptors (Lipinski definition) is 3. The van der Waals surface area contributed by atoms with Crippen molar-refractivity contribution in [1.82, 2.24) is 5.32 Å². The van der Waals surface area contributed by atoms with E-state index in [4.69, 9.17) is 16.3 Å². The molecular formula is C14H17ClINO3. The van der Waals surface area contributed by atoms with Gasteiger partial charge in [0.2, 0.25) is 0 Å². The van der Waals surface area contributed by atoms with E-state index in [-0.39, 0.29) is 5.91 Å². The van der Waals surface area contributed by atoms with Gasteiger partial charge < -0.3 is 10.1 Å². The van der Waals surface area contributed by atoms with E-state index in [0.29, 0.717) is 17.0 Å². The Labute approximate surface area is 137 Å². The summed E-state index contributed by atoms with van der Waals surface area (Å²) in [7, 11) is 1.31. The lowest BCUT2D eigenvalue weighted by atomic mass is 9.95. The molecule has 0 radical (unpaired) electrons. The van der Waals surface area contributed by atoms with Crippen LogP contribution in [0, 0.1) is 3.57 Å². The second-order valence-electron chi connectivity index (χ2n) is 4.65. The smallest absolute Gasteiger partial charge is 0.331 e. The van der Waals surface area contributed by atoms with Crippen LogP contribution in [0.5, 0.6) is 0 Å². The molecule has 1 unspecified atom stereocenters. The van der Waals surface area contributed by atoms with Gasteiger partial charge in [0, 0.05) is 8.59 Å². The van der Waals surface area contributed by atoms with E-state index in [1.165, 1.54) is 7.11 Å². The van der Waals surface area contributed by atoms with E-state index >= 15 is 0 Å². The maximum absolute atomic E-state index is 12.3. The number of methoxy groups -OCH3 is 1. The Morgan fingerprint density at radius 2 is 2.10 bits per heavy atom. The number of carbonyl (C=O) groups is 2. The van der Waals surface area contributed by atoms with Crippen molar-refractivity contribution in [3.63, 3.8) is 0 Å². The van der Waals surface area contributed by atoms with Gasteiger partial charge in [-0.1, -0.05) is 24.9 Å². The maximum atomic E-state index is 12.3. The van der Waals surface area contributed by atoms with Crippen LogP contribution in [0.3, 0.4) is 0 Å². The van der Waals surface area contributed by atoms with Gasteiger partial charge in [-0.25, -0.2) is 4.79 Å². The van der Waals surface area contributed by atoms with Crippen molar-refractivity contribution < 1.29 is 14.3 Å². The van der Waals surface area contributed by atoms with Gasteiger partial charge in [-0.3, -0.25) is 4.79 Å². The van der Waals surface area contributed by atoms with Crippen molar-refractivity contribution in [2.24, 2.45) is 0 Å². The molecule has 0 bridgehead atoms. The highest BCUT2D eigenvalue weighted by Gasteiger charge is 2.35. The molecule has 4 nitrogen and oxygen atoms in total. The topological polar surface area (TPSA) is 55.4 Å². The van der Waals surface area contributed by atoms with Crippen molar-refractivity contribution in [1.29, 1.82) is 0 Å². The Kier molecular flexibility index (Phi) is 6.26. The third-order valence-electron chi connectivity index (χ3n) is 2.95. The first-order valence-electron chi connectivity index (χ1n) is 6.20. The van der Waals surface area contributed by atoms with E-state index in [9.17, 15) is 9.59 Å². The van der Waals surface area contributed by atoms with Gasteiger partial charge in [-0.05, 0) is 54.1 Å². The molecule has 0 aliphatic rings. The fourth-order valence-corrected chi connectivity index (χ4v) is 3.05. The van der Waals surface area contributed by atoms with Crippen molar-refractivity contribution in [2.75, 3.05) is 7.11 Å². The summed E-state index contributed by atoms with van der Waals surface area (Å²) in [6.45, 7) is 3.61. The number of rotatable bonds is 5. The lowest BCUT2D eigenvalue weighted by molar-refractivity contribution is -0.147. The highest BCUT2D eigenvalue weighted by atomic mass is 127. The van der Waals surface area contributed by atoms with Gasteiger partial charge in [0.05, 0.1) is 12.7 Å². The summed E-state index contributed by atoms with van der Waals surface area (Å²) in [6.07, 6.45) is 1.26. The maximum Gasteiger partial charge on any atom is 0.331 e. The van der Waals surface area contributed by atoms with Crippen molar-refractivity contribution >= 4 is 46.1 Å². The lowest BCUT2D eigenvalue weighted by Gasteiger charge is -2.27. The van der Waals surface area contributed by atoms with E-state index < -0.39 is 11.5 Å². The second kappa shape index (κ2) is 7.26. The first-order chi connectivity index (χ1) is 9.34. The van der Waals surface area contributed by atoms with Crippen LogP contribution in [0.1, 0.15) is 37.0 Å². The molecule has 110 valence electrons. The minimum atomic E-state index is -1.02. The largest absolute Gasteiger partial charge is 0.467 e. The normalized spacial score (nSPS) is 13.4. The number of halogens is 2. The molecule has 0 fully saturated rings. The van der Waals surface area contributed by atoms with Crippen LogP contribution in [0.15, 0.2) is 18.2 Å². The number of esters is 1. The molecule has 0 saturated carbocycles. The Morgan fingerprint density at radius 1 is 1.45 bits per heavy atom. The molecule has 0 aromatic heterocycles. The second-order valence-corrected chi connectivity index (χ2v) is 6.25. The number of hydrogen-bond donors (Lipinski definition) is 1. The molecule has 1 N–H and O–H groups in total. The summed E-state index contributed by atoms with van der Waals surface area (Å²) in [4.78, 5) is 24.2. The molecule has 0 saturated heterocycles.